The zero-order valence-electron chi connectivity index (χ0n) is 75.1. The number of nitro benzene ring substituents is 5. The van der Waals surface area contributed by atoms with Crippen LogP contribution in [0, 0.1) is 50.6 Å². The van der Waals surface area contributed by atoms with Gasteiger partial charge >= 0.3 is 0 Å². The van der Waals surface area contributed by atoms with Gasteiger partial charge in [0.1, 0.15) is 40.0 Å². The third kappa shape index (κ3) is 47.1. The number of nitrogens with one attached hydrogen (secondary N) is 5. The summed E-state index contributed by atoms with van der Waals surface area (Å²) in [5.41, 5.74) is 24.3. The van der Waals surface area contributed by atoms with Crippen molar-refractivity contribution in [2.24, 2.45) is 0 Å². The first-order valence-electron chi connectivity index (χ1n) is 45.0. The highest BCUT2D eigenvalue weighted by Crippen LogP contribution is 2.33. The lowest BCUT2D eigenvalue weighted by Gasteiger charge is -2.19. The number of hydrogen-bond acceptors (Lipinski definition) is 28. The molecule has 8 rings (SSSR count). The summed E-state index contributed by atoms with van der Waals surface area (Å²) in [5, 5.41) is 107. The number of benzene rings is 7. The lowest BCUT2D eigenvalue weighted by atomic mass is 10.0. The summed E-state index contributed by atoms with van der Waals surface area (Å²) in [4.78, 5) is 88.9. The van der Waals surface area contributed by atoms with Gasteiger partial charge in [0, 0.05) is 143 Å². The fraction of sp³-hybridized carbons (Fsp3) is 0.484. The molecule has 700 valence electrons. The Bertz CT molecular complexity index is 4450. The summed E-state index contributed by atoms with van der Waals surface area (Å²) in [6.07, 6.45) is 30.0. The molecule has 0 aliphatic heterocycles. The molecule has 15 N–H and O–H groups in total. The van der Waals surface area contributed by atoms with Gasteiger partial charge in [-0.15, -0.1) is 0 Å². The van der Waals surface area contributed by atoms with Gasteiger partial charge in [-0.05, 0) is 192 Å². The van der Waals surface area contributed by atoms with Crippen LogP contribution in [0.3, 0.4) is 0 Å². The van der Waals surface area contributed by atoms with Crippen molar-refractivity contribution in [1.29, 1.82) is 0 Å². The number of rotatable bonds is 61. The molecule has 0 spiro atoms. The number of aromatic nitrogens is 1. The molecule has 0 aliphatic rings. The molecule has 7 aromatic carbocycles. The SMILES string of the molecule is CCCCCCCCCCCC(=O)Cc1ccc(Nc2ccccc2)c([N+](=O)[O-])c1.CCN(CC)CCCCCCNc1ccc(N)cc1[N+](=O)[O-].Nc1ccc(NCCCCCCN(CCO)CCO)c([N+](=O)[O-])c1.Nc1ccc(NCCCCCN(CCO)CCO)c([N+](=O)[O-])c1.O=C(CCCCc1cccnc1)Cc1ccc(Nc2ccccc2)c([N+](=O)[O-])c1. The minimum absolute atomic E-state index is 0.00125. The molecule has 0 saturated carbocycles. The first-order valence-corrected chi connectivity index (χ1v) is 45.0. The number of carbonyl (C=O) groups excluding carboxylic acids is 2. The second-order valence-corrected chi connectivity index (χ2v) is 31.2. The van der Waals surface area contributed by atoms with E-state index in [1.54, 1.807) is 66.9 Å². The number of anilines is 10. The molecule has 0 bridgehead atoms. The maximum atomic E-state index is 12.3. The van der Waals surface area contributed by atoms with Crippen LogP contribution in [0.5, 0.6) is 0 Å². The van der Waals surface area contributed by atoms with Gasteiger partial charge in [-0.1, -0.05) is 159 Å². The number of aliphatic hydroxyl groups excluding tert-OH is 4. The Morgan fingerprint density at radius 2 is 0.664 bits per heavy atom. The van der Waals surface area contributed by atoms with Crippen molar-refractivity contribution in [2.45, 2.75) is 194 Å². The van der Waals surface area contributed by atoms with E-state index >= 15 is 0 Å². The van der Waals surface area contributed by atoms with Crippen molar-refractivity contribution in [1.82, 2.24) is 19.7 Å². The quantitative estimate of drug-likeness (QED) is 0.00729. The number of nitro groups is 5. The average Bonchev–Trinajstić information content (AvgIpc) is 0.839. The molecule has 0 unspecified atom stereocenters. The second kappa shape index (κ2) is 66.6. The van der Waals surface area contributed by atoms with Crippen LogP contribution < -0.4 is 43.8 Å². The number of para-hydroxylation sites is 2. The fourth-order valence-corrected chi connectivity index (χ4v) is 14.0. The van der Waals surface area contributed by atoms with Gasteiger partial charge in [0.25, 0.3) is 28.4 Å². The minimum atomic E-state index is -0.444. The van der Waals surface area contributed by atoms with Gasteiger partial charge in [-0.3, -0.25) is 74.9 Å². The van der Waals surface area contributed by atoms with Gasteiger partial charge in [-0.25, -0.2) is 0 Å². The topological polar surface area (TPSA) is 492 Å². The predicted molar refractivity (Wildman–Crippen MR) is 514 cm³/mol. The Morgan fingerprint density at radius 3 is 1.01 bits per heavy atom. The Kier molecular flexibility index (Phi) is 56.4. The number of nitrogens with two attached hydrogens (primary N) is 3. The Balaban J connectivity index is 0.000000337. The number of Topliss-reactive ketones (excluding diaryl/α,β-unsaturated/α-hetero) is 2. The van der Waals surface area contributed by atoms with Crippen LogP contribution in [0.4, 0.5) is 85.3 Å². The van der Waals surface area contributed by atoms with E-state index in [2.05, 4.69) is 57.2 Å². The van der Waals surface area contributed by atoms with E-state index in [0.29, 0.717) is 109 Å². The maximum Gasteiger partial charge on any atom is 0.294 e. The summed E-state index contributed by atoms with van der Waals surface area (Å²) in [7, 11) is 0. The van der Waals surface area contributed by atoms with E-state index in [1.165, 1.54) is 88.1 Å². The van der Waals surface area contributed by atoms with Crippen LogP contribution >= 0.6 is 0 Å². The van der Waals surface area contributed by atoms with E-state index in [9.17, 15) is 60.2 Å². The largest absolute Gasteiger partial charge is 0.399 e. The van der Waals surface area contributed by atoms with E-state index in [-0.39, 0.29) is 79.3 Å². The Labute approximate surface area is 753 Å². The molecule has 33 heteroatoms. The number of hydrogen-bond donors (Lipinski definition) is 12. The van der Waals surface area contributed by atoms with Crippen LogP contribution in [0.1, 0.15) is 192 Å². The Morgan fingerprint density at radius 1 is 0.344 bits per heavy atom. The fourth-order valence-electron chi connectivity index (χ4n) is 14.0. The number of unbranched alkanes of at least 4 members (excludes halogenated alkanes) is 17. The molecule has 0 radical (unpaired) electrons. The van der Waals surface area contributed by atoms with Gasteiger partial charge in [0.15, 0.2) is 0 Å². The smallest absolute Gasteiger partial charge is 0.294 e. The number of nitrogens with zero attached hydrogens (tertiary/aromatic N) is 9. The normalized spacial score (nSPS) is 10.8. The highest BCUT2D eigenvalue weighted by atomic mass is 16.6. The van der Waals surface area contributed by atoms with Crippen LogP contribution in [0.15, 0.2) is 176 Å². The van der Waals surface area contributed by atoms with Crippen LogP contribution in [0.25, 0.3) is 0 Å². The number of nitrogen functional groups attached to an aromatic ring is 3. The molecule has 128 heavy (non-hydrogen) atoms. The monoisotopic (exact) mass is 1770 g/mol. The Hall–Kier alpha value is -11.9. The molecule has 0 saturated heterocycles. The molecule has 0 atom stereocenters. The first kappa shape index (κ1) is 108. The zero-order valence-corrected chi connectivity index (χ0v) is 75.1. The molecular formula is C95H139N17O16. The molecule has 0 fully saturated rings. The third-order valence-electron chi connectivity index (χ3n) is 21.0. The molecule has 0 aliphatic carbocycles. The van der Waals surface area contributed by atoms with Crippen LogP contribution in [-0.2, 0) is 28.9 Å². The number of carbonyl (C=O) groups is 2. The standard InChI is InChI=1S/C25H34N2O3.C23H23N3O3.C16H28N4O4.C16H28N4O2.C15H26N4O4/c1-2-3-4-5-6-7-8-9-13-16-23(28)19-21-17-18-24(25(20-21)27(29)30)26-22-14-11-10-12-15-22;27-21(11-5-4-7-18-8-6-14-24-17-18)15-19-12-13-22(23(16-19)26(28)29)25-20-9-2-1-3-10-20;17-14-5-6-15(16(13-14)20(23)24)18-7-3-1-2-4-8-19(9-11-21)10-12-22;1-3-19(4-2)12-8-6-5-7-11-18-15-10-9-14(17)13-16(15)20(21)22;16-13-4-5-14(15(12-13)19(22)23)17-6-2-1-3-7-18(8-10-20)9-11-21/h10-12,14-15,17-18,20,26H,2-9,13,16,19H2,1H3;1-3,6,8-10,12-14,16-17,25H,4-5,7,11,15H2;5-6,13,18,21-22H,1-4,7-12,17H2;9-10,13,18H,3-8,11-12,17H2,1-2H3;4-5,12,17,20-21H,1-3,6-11,16H2. The summed E-state index contributed by atoms with van der Waals surface area (Å²) in [6, 6.07) is 46.5. The second-order valence-electron chi connectivity index (χ2n) is 31.2. The van der Waals surface area contributed by atoms with E-state index in [1.807, 2.05) is 88.8 Å². The van der Waals surface area contributed by atoms with E-state index < -0.39 is 24.6 Å². The molecule has 1 heterocycles. The predicted octanol–water partition coefficient (Wildman–Crippen LogP) is 18.6. The molecule has 1 aromatic heterocycles. The van der Waals surface area contributed by atoms with Crippen molar-refractivity contribution >= 4 is 96.9 Å². The van der Waals surface area contributed by atoms with Crippen molar-refractivity contribution in [3.8, 4) is 0 Å². The molecule has 33 nitrogen and oxygen atoms in total. The molecule has 0 amide bonds. The lowest BCUT2D eigenvalue weighted by Crippen LogP contribution is -2.30. The first-order chi connectivity index (χ1) is 61.9. The van der Waals surface area contributed by atoms with Crippen molar-refractivity contribution < 1.29 is 54.6 Å². The number of pyridine rings is 1. The van der Waals surface area contributed by atoms with Gasteiger partial charge in [-0.2, -0.15) is 0 Å². The molecule has 8 aromatic rings. The third-order valence-corrected chi connectivity index (χ3v) is 21.0. The number of aryl methyl sites for hydroxylation is 1. The highest BCUT2D eigenvalue weighted by molar-refractivity contribution is 5.83. The van der Waals surface area contributed by atoms with Crippen LogP contribution in [0.2, 0.25) is 0 Å². The summed E-state index contributed by atoms with van der Waals surface area (Å²) < 4.78 is 0. The van der Waals surface area contributed by atoms with Gasteiger partial charge in [0.2, 0.25) is 0 Å². The van der Waals surface area contributed by atoms with E-state index in [0.717, 1.165) is 146 Å². The van der Waals surface area contributed by atoms with Gasteiger partial charge in [0.05, 0.1) is 51.0 Å². The number of aliphatic hydroxyl groups is 4. The lowest BCUT2D eigenvalue weighted by molar-refractivity contribution is -0.384. The summed E-state index contributed by atoms with van der Waals surface area (Å²) in [6.45, 7) is 16.4. The minimum Gasteiger partial charge on any atom is -0.399 e. The summed E-state index contributed by atoms with van der Waals surface area (Å²) >= 11 is 0. The van der Waals surface area contributed by atoms with E-state index in [4.69, 9.17) is 37.6 Å². The van der Waals surface area contributed by atoms with Crippen LogP contribution in [-0.4, -0.2) is 181 Å². The summed E-state index contributed by atoms with van der Waals surface area (Å²) in [5.74, 6) is 0.241. The van der Waals surface area contributed by atoms with Crippen molar-refractivity contribution in [3.63, 3.8) is 0 Å². The highest BCUT2D eigenvalue weighted by Gasteiger charge is 2.21. The average molecular weight is 1780 g/mol. The number of ketones is 2. The maximum absolute atomic E-state index is 12.3. The van der Waals surface area contributed by atoms with Crippen molar-refractivity contribution in [2.75, 3.05) is 149 Å². The zero-order chi connectivity index (χ0) is 93.3. The van der Waals surface area contributed by atoms with Gasteiger partial charge < -0.3 is 69.1 Å². The molecular weight excluding hydrogens is 1640 g/mol. The van der Waals surface area contributed by atoms with Crippen molar-refractivity contribution in [3.05, 3.63) is 243 Å².